The van der Waals surface area contributed by atoms with Crippen LogP contribution in [0.3, 0.4) is 0 Å². The number of ether oxygens (including phenoxy) is 1. The first-order valence-electron chi connectivity index (χ1n) is 6.85. The van der Waals surface area contributed by atoms with E-state index in [1.807, 2.05) is 51.2 Å². The fourth-order valence-electron chi connectivity index (χ4n) is 2.18. The second kappa shape index (κ2) is 5.67. The van der Waals surface area contributed by atoms with Crippen molar-refractivity contribution >= 4 is 17.0 Å². The Hall–Kier alpha value is -1.81. The van der Waals surface area contributed by atoms with Crippen LogP contribution in [-0.2, 0) is 11.2 Å². The van der Waals surface area contributed by atoms with Gasteiger partial charge in [0.1, 0.15) is 5.60 Å². The van der Waals surface area contributed by atoms with Gasteiger partial charge < -0.3 is 9.84 Å². The van der Waals surface area contributed by atoms with E-state index in [0.29, 0.717) is 6.42 Å². The summed E-state index contributed by atoms with van der Waals surface area (Å²) >= 11 is 0. The second-order valence-corrected chi connectivity index (χ2v) is 5.85. The minimum Gasteiger partial charge on any atom is -0.443 e. The molecule has 0 unspecified atom stereocenters. The number of benzene rings is 1. The topological polar surface area (TPSA) is 51.5 Å². The van der Waals surface area contributed by atoms with Crippen LogP contribution in [0.25, 0.3) is 10.9 Å². The highest BCUT2D eigenvalue weighted by molar-refractivity contribution is 5.92. The van der Waals surface area contributed by atoms with Crippen molar-refractivity contribution in [1.82, 2.24) is 4.57 Å². The third-order valence-electron chi connectivity index (χ3n) is 2.99. The predicted octanol–water partition coefficient (Wildman–Crippen LogP) is 3.35. The summed E-state index contributed by atoms with van der Waals surface area (Å²) in [6.45, 7) is 5.70. The normalized spacial score (nSPS) is 11.8. The van der Waals surface area contributed by atoms with Crippen molar-refractivity contribution in [3.8, 4) is 0 Å². The third-order valence-corrected chi connectivity index (χ3v) is 2.99. The molecule has 0 atom stereocenters. The highest BCUT2D eigenvalue weighted by atomic mass is 16.6. The fourth-order valence-corrected chi connectivity index (χ4v) is 2.18. The monoisotopic (exact) mass is 275 g/mol. The van der Waals surface area contributed by atoms with Crippen molar-refractivity contribution in [2.45, 2.75) is 39.2 Å². The van der Waals surface area contributed by atoms with E-state index in [-0.39, 0.29) is 12.7 Å². The highest BCUT2D eigenvalue weighted by Crippen LogP contribution is 2.23. The molecule has 1 aromatic heterocycles. The lowest BCUT2D eigenvalue weighted by atomic mass is 10.1. The number of carbonyl (C=O) groups is 1. The number of para-hydroxylation sites is 1. The molecule has 0 saturated heterocycles. The molecule has 108 valence electrons. The molecule has 4 nitrogen and oxygen atoms in total. The summed E-state index contributed by atoms with van der Waals surface area (Å²) in [6, 6.07) is 7.74. The molecule has 0 fully saturated rings. The molecule has 0 aliphatic heterocycles. The summed E-state index contributed by atoms with van der Waals surface area (Å²) in [5, 5.41) is 10.0. The van der Waals surface area contributed by atoms with Gasteiger partial charge in [0.05, 0.1) is 5.52 Å². The maximum Gasteiger partial charge on any atom is 0.419 e. The fraction of sp³-hybridized carbons (Fsp3) is 0.438. The van der Waals surface area contributed by atoms with Crippen LogP contribution in [0.4, 0.5) is 4.79 Å². The van der Waals surface area contributed by atoms with E-state index in [2.05, 4.69) is 0 Å². The van der Waals surface area contributed by atoms with Crippen LogP contribution in [0.1, 0.15) is 32.8 Å². The van der Waals surface area contributed by atoms with Gasteiger partial charge in [0.25, 0.3) is 0 Å². The van der Waals surface area contributed by atoms with E-state index in [9.17, 15) is 4.79 Å². The van der Waals surface area contributed by atoms with E-state index >= 15 is 0 Å². The molecule has 1 heterocycles. The number of fused-ring (bicyclic) bond motifs is 1. The molecule has 0 aliphatic carbocycles. The standard InChI is InChI=1S/C16H21NO3/c1-16(2,3)20-15(19)17-11-12(7-6-10-18)13-8-4-5-9-14(13)17/h4-5,8-9,11,18H,6-7,10H2,1-3H3. The molecular formula is C16H21NO3. The Balaban J connectivity index is 2.40. The number of aryl methyl sites for hydroxylation is 1. The Morgan fingerprint density at radius 3 is 2.65 bits per heavy atom. The van der Waals surface area contributed by atoms with Crippen molar-refractivity contribution in [3.63, 3.8) is 0 Å². The van der Waals surface area contributed by atoms with Crippen LogP contribution < -0.4 is 0 Å². The first-order valence-corrected chi connectivity index (χ1v) is 6.85. The van der Waals surface area contributed by atoms with Gasteiger partial charge in [-0.3, -0.25) is 4.57 Å². The number of hydrogen-bond acceptors (Lipinski definition) is 3. The molecule has 0 bridgehead atoms. The Bertz CT molecular complexity index is 608. The molecule has 2 aromatic rings. The summed E-state index contributed by atoms with van der Waals surface area (Å²) in [7, 11) is 0. The molecule has 0 aliphatic rings. The Kier molecular flexibility index (Phi) is 4.14. The van der Waals surface area contributed by atoms with Crippen molar-refractivity contribution in [2.24, 2.45) is 0 Å². The number of aliphatic hydroxyl groups excluding tert-OH is 1. The first kappa shape index (κ1) is 14.6. The average Bonchev–Trinajstić information content (AvgIpc) is 2.73. The number of carbonyl (C=O) groups excluding carboxylic acids is 1. The van der Waals surface area contributed by atoms with Crippen LogP contribution in [0.15, 0.2) is 30.5 Å². The average molecular weight is 275 g/mol. The number of rotatable bonds is 3. The minimum absolute atomic E-state index is 0.145. The Labute approximate surface area is 119 Å². The van der Waals surface area contributed by atoms with Gasteiger partial charge in [-0.05, 0) is 45.2 Å². The molecule has 4 heteroatoms. The zero-order valence-electron chi connectivity index (χ0n) is 12.2. The van der Waals surface area contributed by atoms with Crippen LogP contribution in [0, 0.1) is 0 Å². The molecule has 0 amide bonds. The lowest BCUT2D eigenvalue weighted by molar-refractivity contribution is 0.0544. The molecule has 20 heavy (non-hydrogen) atoms. The van der Waals surface area contributed by atoms with Gasteiger partial charge in [-0.2, -0.15) is 0 Å². The summed E-state index contributed by atoms with van der Waals surface area (Å²) < 4.78 is 6.97. The maximum atomic E-state index is 12.3. The zero-order valence-corrected chi connectivity index (χ0v) is 12.2. The largest absolute Gasteiger partial charge is 0.443 e. The van der Waals surface area contributed by atoms with E-state index in [1.165, 1.54) is 0 Å². The quantitative estimate of drug-likeness (QED) is 0.934. The molecule has 0 saturated carbocycles. The molecule has 2 rings (SSSR count). The SMILES string of the molecule is CC(C)(C)OC(=O)n1cc(CCCO)c2ccccc21. The summed E-state index contributed by atoms with van der Waals surface area (Å²) in [5.41, 5.74) is 1.38. The summed E-state index contributed by atoms with van der Waals surface area (Å²) in [5.74, 6) is 0. The van der Waals surface area contributed by atoms with Crippen molar-refractivity contribution in [3.05, 3.63) is 36.0 Å². The zero-order chi connectivity index (χ0) is 14.8. The highest BCUT2D eigenvalue weighted by Gasteiger charge is 2.20. The molecule has 0 spiro atoms. The van der Waals surface area contributed by atoms with Crippen LogP contribution in [-0.4, -0.2) is 28.0 Å². The Morgan fingerprint density at radius 2 is 2.00 bits per heavy atom. The third kappa shape index (κ3) is 3.20. The van der Waals surface area contributed by atoms with E-state index in [1.54, 1.807) is 4.57 Å². The number of aliphatic hydroxyl groups is 1. The van der Waals surface area contributed by atoms with Gasteiger partial charge in [-0.15, -0.1) is 0 Å². The van der Waals surface area contributed by atoms with E-state index in [4.69, 9.17) is 9.84 Å². The van der Waals surface area contributed by atoms with Crippen molar-refractivity contribution < 1.29 is 14.6 Å². The number of aromatic nitrogens is 1. The molecular weight excluding hydrogens is 254 g/mol. The molecule has 0 radical (unpaired) electrons. The second-order valence-electron chi connectivity index (χ2n) is 5.85. The molecule has 1 N–H and O–H groups in total. The minimum atomic E-state index is -0.520. The van der Waals surface area contributed by atoms with E-state index < -0.39 is 5.60 Å². The van der Waals surface area contributed by atoms with Gasteiger partial charge in [-0.25, -0.2) is 4.79 Å². The van der Waals surface area contributed by atoms with Gasteiger partial charge in [0.15, 0.2) is 0 Å². The first-order chi connectivity index (χ1) is 9.42. The number of nitrogens with zero attached hydrogens (tertiary/aromatic N) is 1. The Morgan fingerprint density at radius 1 is 1.30 bits per heavy atom. The maximum absolute atomic E-state index is 12.3. The van der Waals surface area contributed by atoms with Crippen molar-refractivity contribution in [1.29, 1.82) is 0 Å². The summed E-state index contributed by atoms with van der Waals surface area (Å²) in [6.07, 6.45) is 2.87. The lowest BCUT2D eigenvalue weighted by Crippen LogP contribution is -2.26. The smallest absolute Gasteiger partial charge is 0.419 e. The van der Waals surface area contributed by atoms with Crippen LogP contribution in [0.5, 0.6) is 0 Å². The van der Waals surface area contributed by atoms with Crippen molar-refractivity contribution in [2.75, 3.05) is 6.61 Å². The number of hydrogen-bond donors (Lipinski definition) is 1. The lowest BCUT2D eigenvalue weighted by Gasteiger charge is -2.19. The van der Waals surface area contributed by atoms with Gasteiger partial charge in [0, 0.05) is 18.2 Å². The molecule has 1 aromatic carbocycles. The van der Waals surface area contributed by atoms with Gasteiger partial charge >= 0.3 is 6.09 Å². The van der Waals surface area contributed by atoms with Crippen LogP contribution in [0.2, 0.25) is 0 Å². The van der Waals surface area contributed by atoms with Gasteiger partial charge in [-0.1, -0.05) is 18.2 Å². The van der Waals surface area contributed by atoms with E-state index in [0.717, 1.165) is 22.9 Å². The predicted molar refractivity (Wildman–Crippen MR) is 79.0 cm³/mol. The van der Waals surface area contributed by atoms with Crippen LogP contribution >= 0.6 is 0 Å². The van der Waals surface area contributed by atoms with Gasteiger partial charge in [0.2, 0.25) is 0 Å². The summed E-state index contributed by atoms with van der Waals surface area (Å²) in [4.78, 5) is 12.3.